The third kappa shape index (κ3) is 4.59. The molecule has 1 heterocycles. The molecular formula is C14H14Cl2N2O2S. The summed E-state index contributed by atoms with van der Waals surface area (Å²) in [6.07, 6.45) is 0. The first-order valence-electron chi connectivity index (χ1n) is 6.29. The topological polar surface area (TPSA) is 51.2 Å². The predicted octanol–water partition coefficient (Wildman–Crippen LogP) is 4.17. The minimum Gasteiger partial charge on any atom is -0.485 e. The second-order valence-electron chi connectivity index (χ2n) is 4.62. The van der Waals surface area contributed by atoms with Crippen LogP contribution in [0.1, 0.15) is 29.3 Å². The van der Waals surface area contributed by atoms with E-state index in [0.717, 1.165) is 0 Å². The number of nitrogens with zero attached hydrogens (tertiary/aromatic N) is 1. The highest BCUT2D eigenvalue weighted by Gasteiger charge is 2.12. The third-order valence-electron chi connectivity index (χ3n) is 2.45. The van der Waals surface area contributed by atoms with E-state index >= 15 is 0 Å². The second-order valence-corrected chi connectivity index (χ2v) is 6.40. The van der Waals surface area contributed by atoms with Gasteiger partial charge >= 0.3 is 0 Å². The number of ether oxygens (including phenoxy) is 1. The van der Waals surface area contributed by atoms with Gasteiger partial charge in [0.15, 0.2) is 0 Å². The number of halogens is 2. The maximum absolute atomic E-state index is 11.8. The van der Waals surface area contributed by atoms with Gasteiger partial charge in [-0.05, 0) is 26.0 Å². The molecule has 0 unspecified atom stereocenters. The summed E-state index contributed by atoms with van der Waals surface area (Å²) in [6, 6.07) is 5.07. The Morgan fingerprint density at radius 1 is 1.43 bits per heavy atom. The second kappa shape index (κ2) is 7.11. The van der Waals surface area contributed by atoms with E-state index in [0.29, 0.717) is 26.5 Å². The van der Waals surface area contributed by atoms with Crippen molar-refractivity contribution in [3.63, 3.8) is 0 Å². The van der Waals surface area contributed by atoms with Gasteiger partial charge in [-0.3, -0.25) is 4.79 Å². The Morgan fingerprint density at radius 3 is 2.90 bits per heavy atom. The van der Waals surface area contributed by atoms with Gasteiger partial charge in [0.25, 0.3) is 5.91 Å². The van der Waals surface area contributed by atoms with Crippen LogP contribution in [0, 0.1) is 0 Å². The number of carbonyl (C=O) groups excluding carboxylic acids is 1. The summed E-state index contributed by atoms with van der Waals surface area (Å²) < 4.78 is 5.58. The largest absolute Gasteiger partial charge is 0.485 e. The molecule has 1 aromatic carbocycles. The summed E-state index contributed by atoms with van der Waals surface area (Å²) >= 11 is 13.3. The van der Waals surface area contributed by atoms with E-state index < -0.39 is 0 Å². The van der Waals surface area contributed by atoms with E-state index in [2.05, 4.69) is 10.3 Å². The Hall–Kier alpha value is -1.30. The maximum atomic E-state index is 11.8. The highest BCUT2D eigenvalue weighted by atomic mass is 35.5. The van der Waals surface area contributed by atoms with Crippen molar-refractivity contribution in [2.75, 3.05) is 0 Å². The van der Waals surface area contributed by atoms with Crippen LogP contribution in [-0.4, -0.2) is 16.9 Å². The molecule has 21 heavy (non-hydrogen) atoms. The van der Waals surface area contributed by atoms with Crippen molar-refractivity contribution in [2.24, 2.45) is 0 Å². The number of aromatic nitrogens is 1. The number of rotatable bonds is 5. The smallest absolute Gasteiger partial charge is 0.270 e. The van der Waals surface area contributed by atoms with E-state index in [1.165, 1.54) is 11.3 Å². The molecule has 0 aliphatic heterocycles. The lowest BCUT2D eigenvalue weighted by Crippen LogP contribution is -2.30. The third-order valence-corrected chi connectivity index (χ3v) is 3.82. The zero-order valence-corrected chi connectivity index (χ0v) is 13.9. The van der Waals surface area contributed by atoms with Crippen molar-refractivity contribution in [1.82, 2.24) is 10.3 Å². The fourth-order valence-corrected chi connectivity index (χ4v) is 2.56. The Bertz CT molecular complexity index is 644. The van der Waals surface area contributed by atoms with Crippen molar-refractivity contribution in [3.8, 4) is 5.75 Å². The highest BCUT2D eigenvalue weighted by molar-refractivity contribution is 7.09. The number of nitrogens with one attached hydrogen (secondary N) is 1. The van der Waals surface area contributed by atoms with E-state index in [4.69, 9.17) is 27.9 Å². The van der Waals surface area contributed by atoms with Crippen molar-refractivity contribution in [3.05, 3.63) is 44.3 Å². The molecular weight excluding hydrogens is 331 g/mol. The average Bonchev–Trinajstić information content (AvgIpc) is 2.88. The quantitative estimate of drug-likeness (QED) is 0.885. The van der Waals surface area contributed by atoms with E-state index in [9.17, 15) is 4.79 Å². The number of benzene rings is 1. The molecule has 0 radical (unpaired) electrons. The van der Waals surface area contributed by atoms with Crippen LogP contribution in [0.25, 0.3) is 0 Å². The zero-order chi connectivity index (χ0) is 15.4. The maximum Gasteiger partial charge on any atom is 0.270 e. The van der Waals surface area contributed by atoms with Gasteiger partial charge in [-0.25, -0.2) is 4.98 Å². The van der Waals surface area contributed by atoms with E-state index in [1.54, 1.807) is 23.6 Å². The Kier molecular flexibility index (Phi) is 5.45. The lowest BCUT2D eigenvalue weighted by molar-refractivity contribution is 0.0938. The van der Waals surface area contributed by atoms with Crippen molar-refractivity contribution >= 4 is 40.4 Å². The molecule has 0 fully saturated rings. The monoisotopic (exact) mass is 344 g/mol. The average molecular weight is 345 g/mol. The highest BCUT2D eigenvalue weighted by Crippen LogP contribution is 2.28. The summed E-state index contributed by atoms with van der Waals surface area (Å²) in [7, 11) is 0. The van der Waals surface area contributed by atoms with Crippen LogP contribution < -0.4 is 10.1 Å². The lowest BCUT2D eigenvalue weighted by atomic mass is 10.3. The fourth-order valence-electron chi connectivity index (χ4n) is 1.54. The zero-order valence-electron chi connectivity index (χ0n) is 11.5. The first-order chi connectivity index (χ1) is 9.95. The Balaban J connectivity index is 2.00. The minimum atomic E-state index is -0.187. The molecule has 0 aliphatic rings. The predicted molar refractivity (Wildman–Crippen MR) is 85.5 cm³/mol. The molecule has 0 bridgehead atoms. The summed E-state index contributed by atoms with van der Waals surface area (Å²) in [6.45, 7) is 4.03. The van der Waals surface area contributed by atoms with Gasteiger partial charge in [-0.1, -0.05) is 23.2 Å². The number of hydrogen-bond acceptors (Lipinski definition) is 4. The molecule has 7 heteroatoms. The molecule has 112 valence electrons. The molecule has 1 aromatic heterocycles. The van der Waals surface area contributed by atoms with Gasteiger partial charge in [0.2, 0.25) is 0 Å². The molecule has 0 saturated carbocycles. The summed E-state index contributed by atoms with van der Waals surface area (Å²) in [5.74, 6) is 0.306. The van der Waals surface area contributed by atoms with Crippen LogP contribution in [0.2, 0.25) is 10.0 Å². The summed E-state index contributed by atoms with van der Waals surface area (Å²) in [5.41, 5.74) is 0.393. The number of carbonyl (C=O) groups is 1. The number of amides is 1. The molecule has 0 saturated heterocycles. The first kappa shape index (κ1) is 16.1. The van der Waals surface area contributed by atoms with Crippen LogP contribution in [0.4, 0.5) is 0 Å². The van der Waals surface area contributed by atoms with Crippen LogP contribution in [-0.2, 0) is 6.61 Å². The Labute approximate surface area is 137 Å². The van der Waals surface area contributed by atoms with Gasteiger partial charge < -0.3 is 10.1 Å². The van der Waals surface area contributed by atoms with Crippen LogP contribution in [0.5, 0.6) is 5.75 Å². The van der Waals surface area contributed by atoms with Crippen LogP contribution in [0.3, 0.4) is 0 Å². The Morgan fingerprint density at radius 2 is 2.19 bits per heavy atom. The van der Waals surface area contributed by atoms with Gasteiger partial charge in [0, 0.05) is 22.5 Å². The fraction of sp³-hybridized carbons (Fsp3) is 0.286. The molecule has 0 atom stereocenters. The SMILES string of the molecule is CC(C)NC(=O)c1csc(COc2cc(Cl)ccc2Cl)n1. The molecule has 0 aliphatic carbocycles. The lowest BCUT2D eigenvalue weighted by Gasteiger charge is -2.07. The van der Waals surface area contributed by atoms with Gasteiger partial charge in [-0.2, -0.15) is 0 Å². The van der Waals surface area contributed by atoms with Gasteiger partial charge in [0.1, 0.15) is 23.1 Å². The molecule has 2 rings (SSSR count). The van der Waals surface area contributed by atoms with Gasteiger partial charge in [-0.15, -0.1) is 11.3 Å². The molecule has 0 spiro atoms. The normalized spacial score (nSPS) is 10.7. The van der Waals surface area contributed by atoms with Crippen molar-refractivity contribution in [2.45, 2.75) is 26.5 Å². The molecule has 1 amide bonds. The van der Waals surface area contributed by atoms with Crippen LogP contribution in [0.15, 0.2) is 23.6 Å². The van der Waals surface area contributed by atoms with Crippen LogP contribution >= 0.6 is 34.5 Å². The summed E-state index contributed by atoms with van der Waals surface area (Å²) in [4.78, 5) is 16.0. The van der Waals surface area contributed by atoms with E-state index in [1.807, 2.05) is 13.8 Å². The minimum absolute atomic E-state index is 0.0733. The molecule has 1 N–H and O–H groups in total. The van der Waals surface area contributed by atoms with E-state index in [-0.39, 0.29) is 18.6 Å². The summed E-state index contributed by atoms with van der Waals surface area (Å²) in [5, 5.41) is 6.21. The molecule has 4 nitrogen and oxygen atoms in total. The van der Waals surface area contributed by atoms with Gasteiger partial charge in [0.05, 0.1) is 5.02 Å². The van der Waals surface area contributed by atoms with Crippen molar-refractivity contribution < 1.29 is 9.53 Å². The van der Waals surface area contributed by atoms with Crippen molar-refractivity contribution in [1.29, 1.82) is 0 Å². The number of hydrogen-bond donors (Lipinski definition) is 1. The number of thiazole rings is 1. The standard InChI is InChI=1S/C14H14Cl2N2O2S/c1-8(2)17-14(19)11-7-21-13(18-11)6-20-12-5-9(15)3-4-10(12)16/h3-5,7-8H,6H2,1-2H3,(H,17,19). The first-order valence-corrected chi connectivity index (χ1v) is 7.92. The molecule has 2 aromatic rings.